The predicted molar refractivity (Wildman–Crippen MR) is 149 cm³/mol. The molecule has 1 aliphatic rings. The molecule has 1 saturated heterocycles. The van der Waals surface area contributed by atoms with Gasteiger partial charge in [0.2, 0.25) is 5.91 Å². The summed E-state index contributed by atoms with van der Waals surface area (Å²) in [7, 11) is 1.31. The number of carbonyl (C=O) groups excluding carboxylic acids is 2. The van der Waals surface area contributed by atoms with E-state index in [1.54, 1.807) is 4.90 Å². The summed E-state index contributed by atoms with van der Waals surface area (Å²) in [6.45, 7) is 3.34. The van der Waals surface area contributed by atoms with Gasteiger partial charge in [0.15, 0.2) is 0 Å². The highest BCUT2D eigenvalue weighted by Gasteiger charge is 2.43. The van der Waals surface area contributed by atoms with Gasteiger partial charge < -0.3 is 30.9 Å². The molecule has 0 unspecified atom stereocenters. The molecule has 2 amide bonds. The quantitative estimate of drug-likeness (QED) is 0.318. The standard InChI is InChI=1S/C29H40ClN3O5/c1-3-20-8-4-9-21(16-20)27-24(11-5-12-25(27)30)29(37,13-7-14-32-28(36)38-2)22-10-6-15-33(19-22)26(35)17-23(34)18-31/h4-5,8-9,11-12,16,22-23,34,37H,3,6-7,10,13-15,17-19,31H2,1-2H3,(H,32,36)/t22-,23+,29+/m1/s1. The van der Waals surface area contributed by atoms with Crippen molar-refractivity contribution in [2.75, 3.05) is 33.3 Å². The van der Waals surface area contributed by atoms with Crippen LogP contribution in [0.3, 0.4) is 0 Å². The van der Waals surface area contributed by atoms with Gasteiger partial charge in [0, 0.05) is 42.7 Å². The highest BCUT2D eigenvalue weighted by atomic mass is 35.5. The van der Waals surface area contributed by atoms with Crippen LogP contribution in [0.25, 0.3) is 11.1 Å². The molecule has 5 N–H and O–H groups in total. The minimum atomic E-state index is -1.33. The van der Waals surface area contributed by atoms with Crippen LogP contribution in [0.5, 0.6) is 0 Å². The second-order valence-corrected chi connectivity index (χ2v) is 10.3. The van der Waals surface area contributed by atoms with E-state index in [9.17, 15) is 19.8 Å². The molecule has 0 saturated carbocycles. The molecule has 3 rings (SSSR count). The molecule has 2 aromatic rings. The van der Waals surface area contributed by atoms with Crippen LogP contribution >= 0.6 is 11.6 Å². The lowest BCUT2D eigenvalue weighted by Crippen LogP contribution is -2.49. The highest BCUT2D eigenvalue weighted by Crippen LogP contribution is 2.45. The van der Waals surface area contributed by atoms with Gasteiger partial charge in [-0.25, -0.2) is 4.79 Å². The van der Waals surface area contributed by atoms with Crippen molar-refractivity contribution < 1.29 is 24.5 Å². The van der Waals surface area contributed by atoms with Crippen molar-refractivity contribution in [1.82, 2.24) is 10.2 Å². The molecule has 38 heavy (non-hydrogen) atoms. The number of nitrogens with two attached hydrogens (primary N) is 1. The summed E-state index contributed by atoms with van der Waals surface area (Å²) in [6, 6.07) is 13.7. The third-order valence-corrected chi connectivity index (χ3v) is 7.74. The van der Waals surface area contributed by atoms with Crippen molar-refractivity contribution >= 4 is 23.6 Å². The molecule has 0 radical (unpaired) electrons. The number of nitrogens with one attached hydrogen (secondary N) is 1. The molecular formula is C29H40ClN3O5. The fourth-order valence-corrected chi connectivity index (χ4v) is 5.60. The molecule has 8 nitrogen and oxygen atoms in total. The first-order chi connectivity index (χ1) is 18.2. The van der Waals surface area contributed by atoms with Gasteiger partial charge in [0.05, 0.1) is 25.2 Å². The predicted octanol–water partition coefficient (Wildman–Crippen LogP) is 3.84. The van der Waals surface area contributed by atoms with Gasteiger partial charge in [-0.15, -0.1) is 0 Å². The number of aryl methyl sites for hydroxylation is 1. The number of rotatable bonds is 11. The number of alkyl carbamates (subject to hydrolysis) is 1. The van der Waals surface area contributed by atoms with E-state index >= 15 is 0 Å². The van der Waals surface area contributed by atoms with E-state index in [1.807, 2.05) is 30.3 Å². The normalized spacial score (nSPS) is 17.9. The number of ether oxygens (including phenoxy) is 1. The maximum atomic E-state index is 12.9. The van der Waals surface area contributed by atoms with Crippen LogP contribution in [0.15, 0.2) is 42.5 Å². The summed E-state index contributed by atoms with van der Waals surface area (Å²) in [6.07, 6.45) is 1.67. The topological polar surface area (TPSA) is 125 Å². The van der Waals surface area contributed by atoms with E-state index in [1.165, 1.54) is 7.11 Å². The second-order valence-electron chi connectivity index (χ2n) is 9.94. The number of carbonyl (C=O) groups is 2. The minimum absolute atomic E-state index is 0.0167. The number of halogens is 1. The lowest BCUT2D eigenvalue weighted by atomic mass is 9.72. The average Bonchev–Trinajstić information content (AvgIpc) is 2.94. The molecule has 1 heterocycles. The van der Waals surface area contributed by atoms with Crippen LogP contribution in [-0.2, 0) is 21.6 Å². The summed E-state index contributed by atoms with van der Waals surface area (Å²) in [5.74, 6) is -0.454. The Labute approximate surface area is 230 Å². The molecule has 0 aliphatic carbocycles. The summed E-state index contributed by atoms with van der Waals surface area (Å²) < 4.78 is 4.68. The van der Waals surface area contributed by atoms with Crippen molar-refractivity contribution in [3.63, 3.8) is 0 Å². The van der Waals surface area contributed by atoms with Gasteiger partial charge in [0.1, 0.15) is 0 Å². The number of amides is 2. The van der Waals surface area contributed by atoms with Gasteiger partial charge >= 0.3 is 6.09 Å². The van der Waals surface area contributed by atoms with E-state index in [-0.39, 0.29) is 24.8 Å². The molecule has 0 aromatic heterocycles. The van der Waals surface area contributed by atoms with Gasteiger partial charge in [0.25, 0.3) is 0 Å². The SMILES string of the molecule is CCc1cccc(-c2c(Cl)cccc2[C@](O)(CCCNC(=O)OC)[C@@H]2CCCN(C(=O)C[C@H](O)CN)C2)c1. The first-order valence-corrected chi connectivity index (χ1v) is 13.7. The molecular weight excluding hydrogens is 506 g/mol. The maximum absolute atomic E-state index is 12.9. The summed E-state index contributed by atoms with van der Waals surface area (Å²) in [4.78, 5) is 26.2. The fourth-order valence-electron chi connectivity index (χ4n) is 5.31. The maximum Gasteiger partial charge on any atom is 0.406 e. The second kappa shape index (κ2) is 13.9. The number of methoxy groups -OCH3 is 1. The average molecular weight is 546 g/mol. The summed E-state index contributed by atoms with van der Waals surface area (Å²) >= 11 is 6.79. The van der Waals surface area contributed by atoms with Crippen molar-refractivity contribution in [2.24, 2.45) is 11.7 Å². The smallest absolute Gasteiger partial charge is 0.406 e. The summed E-state index contributed by atoms with van der Waals surface area (Å²) in [5, 5.41) is 25.7. The number of aliphatic hydroxyl groups excluding tert-OH is 1. The van der Waals surface area contributed by atoms with Crippen LogP contribution in [-0.4, -0.2) is 66.5 Å². The van der Waals surface area contributed by atoms with Crippen LogP contribution < -0.4 is 11.1 Å². The molecule has 208 valence electrons. The molecule has 3 atom stereocenters. The van der Waals surface area contributed by atoms with E-state index in [0.29, 0.717) is 49.5 Å². The van der Waals surface area contributed by atoms with Crippen molar-refractivity contribution in [3.05, 3.63) is 58.6 Å². The van der Waals surface area contributed by atoms with Crippen LogP contribution in [0.4, 0.5) is 4.79 Å². The number of likely N-dealkylation sites (tertiary alicyclic amines) is 1. The first kappa shape index (κ1) is 29.9. The van der Waals surface area contributed by atoms with Gasteiger partial charge in [-0.05, 0) is 54.9 Å². The number of nitrogens with zero attached hydrogens (tertiary/aromatic N) is 1. The molecule has 9 heteroatoms. The molecule has 0 spiro atoms. The molecule has 1 aliphatic heterocycles. The Kier molecular flexibility index (Phi) is 11.0. The minimum Gasteiger partial charge on any atom is -0.453 e. The molecule has 0 bridgehead atoms. The van der Waals surface area contributed by atoms with E-state index in [0.717, 1.165) is 29.5 Å². The first-order valence-electron chi connectivity index (χ1n) is 13.3. The van der Waals surface area contributed by atoms with Gasteiger partial charge in [-0.2, -0.15) is 0 Å². The lowest BCUT2D eigenvalue weighted by molar-refractivity contribution is -0.138. The number of piperidine rings is 1. The van der Waals surface area contributed by atoms with E-state index < -0.39 is 17.8 Å². The largest absolute Gasteiger partial charge is 0.453 e. The molecule has 1 fully saturated rings. The van der Waals surface area contributed by atoms with E-state index in [2.05, 4.69) is 29.1 Å². The van der Waals surface area contributed by atoms with Gasteiger partial charge in [-0.1, -0.05) is 54.9 Å². The Morgan fingerprint density at radius 1 is 1.29 bits per heavy atom. The van der Waals surface area contributed by atoms with Crippen molar-refractivity contribution in [3.8, 4) is 11.1 Å². The fraction of sp³-hybridized carbons (Fsp3) is 0.517. The Morgan fingerprint density at radius 3 is 2.76 bits per heavy atom. The zero-order valence-electron chi connectivity index (χ0n) is 22.3. The van der Waals surface area contributed by atoms with E-state index in [4.69, 9.17) is 17.3 Å². The Morgan fingerprint density at radius 2 is 2.05 bits per heavy atom. The zero-order valence-corrected chi connectivity index (χ0v) is 23.0. The van der Waals surface area contributed by atoms with Crippen molar-refractivity contribution in [1.29, 1.82) is 0 Å². The summed E-state index contributed by atoms with van der Waals surface area (Å²) in [5.41, 5.74) is 7.75. The monoisotopic (exact) mass is 545 g/mol. The van der Waals surface area contributed by atoms with Crippen LogP contribution in [0.1, 0.15) is 50.2 Å². The highest BCUT2D eigenvalue weighted by molar-refractivity contribution is 6.33. The number of benzene rings is 2. The Bertz CT molecular complexity index is 1100. The lowest BCUT2D eigenvalue weighted by Gasteiger charge is -2.44. The van der Waals surface area contributed by atoms with Crippen LogP contribution in [0.2, 0.25) is 5.02 Å². The van der Waals surface area contributed by atoms with Gasteiger partial charge in [-0.3, -0.25) is 4.79 Å². The number of hydrogen-bond donors (Lipinski definition) is 4. The molecule has 2 aromatic carbocycles. The Balaban J connectivity index is 2.00. The van der Waals surface area contributed by atoms with Crippen LogP contribution in [0, 0.1) is 5.92 Å². The van der Waals surface area contributed by atoms with Crippen molar-refractivity contribution in [2.45, 2.75) is 57.2 Å². The number of aliphatic hydroxyl groups is 2. The number of hydrogen-bond acceptors (Lipinski definition) is 6. The third kappa shape index (κ3) is 7.26. The third-order valence-electron chi connectivity index (χ3n) is 7.43. The zero-order chi connectivity index (χ0) is 27.7. The Hall–Kier alpha value is -2.65.